The molecule has 0 aliphatic heterocycles. The topological polar surface area (TPSA) is 38.0 Å². The maximum absolute atomic E-state index is 5.22. The monoisotopic (exact) mass is 140 g/mol. The predicted molar refractivity (Wildman–Crippen MR) is 42.0 cm³/mol. The van der Waals surface area contributed by atoms with Gasteiger partial charge in [0.2, 0.25) is 0 Å². The molecule has 0 heterocycles. The molecule has 0 aromatic rings. The van der Waals surface area contributed by atoms with E-state index in [2.05, 4.69) is 17.5 Å². The summed E-state index contributed by atoms with van der Waals surface area (Å²) in [5.41, 5.74) is 5.22. The van der Waals surface area contributed by atoms with Gasteiger partial charge < -0.3 is 11.1 Å². The average molecular weight is 140 g/mol. The molecule has 0 atom stereocenters. The SMILES string of the molecule is NC(=S)NC1C=CC=C1. The van der Waals surface area contributed by atoms with Crippen LogP contribution in [0, 0.1) is 0 Å². The van der Waals surface area contributed by atoms with Crippen molar-refractivity contribution in [1.29, 1.82) is 0 Å². The molecule has 3 heteroatoms. The first kappa shape index (κ1) is 6.29. The molecule has 0 fully saturated rings. The Labute approximate surface area is 59.4 Å². The summed E-state index contributed by atoms with van der Waals surface area (Å²) < 4.78 is 0. The van der Waals surface area contributed by atoms with Crippen LogP contribution in [0.25, 0.3) is 0 Å². The van der Waals surface area contributed by atoms with Gasteiger partial charge in [0.25, 0.3) is 0 Å². The van der Waals surface area contributed by atoms with Crippen molar-refractivity contribution in [3.8, 4) is 0 Å². The van der Waals surface area contributed by atoms with Crippen molar-refractivity contribution in [2.45, 2.75) is 6.04 Å². The number of hydrogen-bond acceptors (Lipinski definition) is 1. The Morgan fingerprint density at radius 3 is 2.44 bits per heavy atom. The molecule has 0 saturated carbocycles. The van der Waals surface area contributed by atoms with E-state index in [1.165, 1.54) is 0 Å². The Kier molecular flexibility index (Phi) is 1.85. The van der Waals surface area contributed by atoms with Crippen molar-refractivity contribution >= 4 is 17.3 Å². The second kappa shape index (κ2) is 2.64. The highest BCUT2D eigenvalue weighted by molar-refractivity contribution is 7.80. The second-order valence-corrected chi connectivity index (χ2v) is 2.24. The maximum atomic E-state index is 5.22. The lowest BCUT2D eigenvalue weighted by Gasteiger charge is -2.05. The van der Waals surface area contributed by atoms with Gasteiger partial charge in [-0.2, -0.15) is 0 Å². The Balaban J connectivity index is 2.37. The molecule has 0 amide bonds. The zero-order chi connectivity index (χ0) is 6.69. The van der Waals surface area contributed by atoms with Crippen molar-refractivity contribution < 1.29 is 0 Å². The van der Waals surface area contributed by atoms with E-state index >= 15 is 0 Å². The van der Waals surface area contributed by atoms with Crippen molar-refractivity contribution in [3.63, 3.8) is 0 Å². The average Bonchev–Trinajstić information content (AvgIpc) is 2.15. The fourth-order valence-electron chi connectivity index (χ4n) is 0.692. The number of nitrogens with one attached hydrogen (secondary N) is 1. The standard InChI is InChI=1S/C6H8N2S/c7-6(9)8-5-3-1-2-4-5/h1-5H,(H3,7,8,9). The zero-order valence-electron chi connectivity index (χ0n) is 4.87. The van der Waals surface area contributed by atoms with E-state index in [9.17, 15) is 0 Å². The second-order valence-electron chi connectivity index (χ2n) is 1.80. The van der Waals surface area contributed by atoms with Crippen LogP contribution in [-0.4, -0.2) is 11.2 Å². The van der Waals surface area contributed by atoms with Crippen LogP contribution in [0.2, 0.25) is 0 Å². The number of rotatable bonds is 1. The molecular formula is C6H8N2S. The third-order valence-electron chi connectivity index (χ3n) is 1.06. The van der Waals surface area contributed by atoms with Crippen LogP contribution in [0.3, 0.4) is 0 Å². The highest BCUT2D eigenvalue weighted by Crippen LogP contribution is 1.97. The Hall–Kier alpha value is -0.830. The number of nitrogens with two attached hydrogens (primary N) is 1. The summed E-state index contributed by atoms with van der Waals surface area (Å²) in [5.74, 6) is 0. The molecule has 0 aromatic heterocycles. The first-order valence-corrected chi connectivity index (χ1v) is 3.11. The molecular weight excluding hydrogens is 132 g/mol. The fraction of sp³-hybridized carbons (Fsp3) is 0.167. The van der Waals surface area contributed by atoms with Crippen molar-refractivity contribution in [2.24, 2.45) is 5.73 Å². The minimum atomic E-state index is 0.211. The maximum Gasteiger partial charge on any atom is 0.164 e. The Morgan fingerprint density at radius 1 is 1.44 bits per heavy atom. The van der Waals surface area contributed by atoms with Crippen LogP contribution in [-0.2, 0) is 0 Å². The first-order chi connectivity index (χ1) is 4.29. The summed E-state index contributed by atoms with van der Waals surface area (Å²) in [7, 11) is 0. The molecule has 48 valence electrons. The number of thiocarbonyl (C=S) groups is 1. The van der Waals surface area contributed by atoms with Gasteiger partial charge >= 0.3 is 0 Å². The minimum absolute atomic E-state index is 0.211. The molecule has 0 radical (unpaired) electrons. The van der Waals surface area contributed by atoms with Crippen LogP contribution < -0.4 is 11.1 Å². The van der Waals surface area contributed by atoms with E-state index in [1.807, 2.05) is 24.3 Å². The molecule has 0 aromatic carbocycles. The van der Waals surface area contributed by atoms with Gasteiger partial charge in [0, 0.05) is 0 Å². The molecule has 0 spiro atoms. The van der Waals surface area contributed by atoms with E-state index in [-0.39, 0.29) is 6.04 Å². The first-order valence-electron chi connectivity index (χ1n) is 2.70. The summed E-state index contributed by atoms with van der Waals surface area (Å²) in [5, 5.41) is 3.22. The van der Waals surface area contributed by atoms with Crippen molar-refractivity contribution in [1.82, 2.24) is 5.32 Å². The molecule has 0 bridgehead atoms. The van der Waals surface area contributed by atoms with E-state index < -0.39 is 0 Å². The van der Waals surface area contributed by atoms with Gasteiger partial charge in [-0.05, 0) is 12.2 Å². The van der Waals surface area contributed by atoms with Crippen molar-refractivity contribution in [2.75, 3.05) is 0 Å². The van der Waals surface area contributed by atoms with Gasteiger partial charge in [-0.1, -0.05) is 24.3 Å². The number of hydrogen-bond donors (Lipinski definition) is 2. The van der Waals surface area contributed by atoms with Crippen LogP contribution in [0.15, 0.2) is 24.3 Å². The van der Waals surface area contributed by atoms with E-state index in [1.54, 1.807) is 0 Å². The molecule has 9 heavy (non-hydrogen) atoms. The van der Waals surface area contributed by atoms with Crippen molar-refractivity contribution in [3.05, 3.63) is 24.3 Å². The van der Waals surface area contributed by atoms with Gasteiger partial charge in [0.15, 0.2) is 5.11 Å². The van der Waals surface area contributed by atoms with Crippen LogP contribution >= 0.6 is 12.2 Å². The van der Waals surface area contributed by atoms with E-state index in [4.69, 9.17) is 5.73 Å². The van der Waals surface area contributed by atoms with E-state index in [0.29, 0.717) is 5.11 Å². The van der Waals surface area contributed by atoms with Gasteiger partial charge in [-0.3, -0.25) is 0 Å². The Morgan fingerprint density at radius 2 is 2.00 bits per heavy atom. The molecule has 2 nitrogen and oxygen atoms in total. The van der Waals surface area contributed by atoms with Gasteiger partial charge in [0.1, 0.15) is 0 Å². The molecule has 0 saturated heterocycles. The van der Waals surface area contributed by atoms with Gasteiger partial charge in [0.05, 0.1) is 6.04 Å². The lowest BCUT2D eigenvalue weighted by Crippen LogP contribution is -2.35. The molecule has 0 unspecified atom stereocenters. The highest BCUT2D eigenvalue weighted by atomic mass is 32.1. The summed E-state index contributed by atoms with van der Waals surface area (Å²) >= 11 is 4.63. The fourth-order valence-corrected chi connectivity index (χ4v) is 0.828. The van der Waals surface area contributed by atoms with Gasteiger partial charge in [-0.25, -0.2) is 0 Å². The Bertz CT molecular complexity index is 160. The van der Waals surface area contributed by atoms with Crippen LogP contribution in [0.1, 0.15) is 0 Å². The van der Waals surface area contributed by atoms with E-state index in [0.717, 1.165) is 0 Å². The lowest BCUT2D eigenvalue weighted by atomic mass is 10.3. The third kappa shape index (κ3) is 1.85. The van der Waals surface area contributed by atoms with Gasteiger partial charge in [-0.15, -0.1) is 0 Å². The third-order valence-corrected chi connectivity index (χ3v) is 1.17. The minimum Gasteiger partial charge on any atom is -0.376 e. The largest absolute Gasteiger partial charge is 0.376 e. The molecule has 1 aliphatic rings. The smallest absolute Gasteiger partial charge is 0.164 e. The quantitative estimate of drug-likeness (QED) is 0.515. The molecule has 3 N–H and O–H groups in total. The van der Waals surface area contributed by atoms with Crippen LogP contribution in [0.5, 0.6) is 0 Å². The highest BCUT2D eigenvalue weighted by Gasteiger charge is 2.00. The zero-order valence-corrected chi connectivity index (χ0v) is 5.69. The summed E-state index contributed by atoms with van der Waals surface area (Å²) in [4.78, 5) is 0. The normalized spacial score (nSPS) is 16.4. The van der Waals surface area contributed by atoms with Crippen LogP contribution in [0.4, 0.5) is 0 Å². The molecule has 1 rings (SSSR count). The summed E-state index contributed by atoms with van der Waals surface area (Å²) in [6, 6.07) is 0.211. The number of allylic oxidation sites excluding steroid dienone is 2. The lowest BCUT2D eigenvalue weighted by molar-refractivity contribution is 0.898. The summed E-state index contributed by atoms with van der Waals surface area (Å²) in [6.07, 6.45) is 7.88. The summed E-state index contributed by atoms with van der Waals surface area (Å²) in [6.45, 7) is 0. The molecule has 1 aliphatic carbocycles. The predicted octanol–water partition coefficient (Wildman–Crippen LogP) is 0.314.